The van der Waals surface area contributed by atoms with Crippen LogP contribution < -0.4 is 20.3 Å². The molecule has 0 aromatic heterocycles. The van der Waals surface area contributed by atoms with Crippen molar-refractivity contribution in [3.63, 3.8) is 0 Å². The number of benzene rings is 3. The van der Waals surface area contributed by atoms with Gasteiger partial charge in [0, 0.05) is 30.1 Å². The summed E-state index contributed by atoms with van der Waals surface area (Å²) in [4.78, 5) is 72.3. The first-order chi connectivity index (χ1) is 26.7. The molecule has 3 fully saturated rings. The van der Waals surface area contributed by atoms with Crippen LogP contribution in [0.3, 0.4) is 0 Å². The fraction of sp³-hybridized carbons (Fsp3) is 0.465. The SMILES string of the molecule is COc1cccc(N(C(=O)[C@H](CC[C@H](Cc2ccccc2)C(=O)NC2CCSC3CCCC(C(=O)O)N3C2=O)Cc2ccccc2)[C@H]2CCCCNC2=O)c1. The van der Waals surface area contributed by atoms with Crippen LogP contribution in [0.5, 0.6) is 5.75 Å². The number of nitrogens with one attached hydrogen (secondary N) is 2. The molecule has 3 aliphatic heterocycles. The number of fused-ring (bicyclic) bond motifs is 1. The molecule has 3 saturated heterocycles. The van der Waals surface area contributed by atoms with Crippen molar-refractivity contribution >= 4 is 47.0 Å². The number of thioether (sulfide) groups is 1. The minimum absolute atomic E-state index is 0.194. The lowest BCUT2D eigenvalue weighted by Crippen LogP contribution is -2.57. The monoisotopic (exact) mass is 768 g/mol. The van der Waals surface area contributed by atoms with Crippen molar-refractivity contribution in [2.24, 2.45) is 11.8 Å². The van der Waals surface area contributed by atoms with Gasteiger partial charge in [-0.2, -0.15) is 0 Å². The number of hydrogen-bond acceptors (Lipinski definition) is 7. The Balaban J connectivity index is 1.29. The van der Waals surface area contributed by atoms with Gasteiger partial charge in [-0.1, -0.05) is 66.7 Å². The lowest BCUT2D eigenvalue weighted by atomic mass is 9.86. The van der Waals surface area contributed by atoms with Crippen LogP contribution in [0.1, 0.15) is 68.9 Å². The quantitative estimate of drug-likeness (QED) is 0.192. The van der Waals surface area contributed by atoms with Crippen LogP contribution in [0.4, 0.5) is 5.69 Å². The molecule has 0 radical (unpaired) electrons. The number of amides is 4. The first-order valence-electron chi connectivity index (χ1n) is 19.5. The van der Waals surface area contributed by atoms with Crippen molar-refractivity contribution in [1.29, 1.82) is 0 Å². The van der Waals surface area contributed by atoms with Crippen LogP contribution in [-0.4, -0.2) is 82.5 Å². The van der Waals surface area contributed by atoms with Crippen LogP contribution in [-0.2, 0) is 36.8 Å². The summed E-state index contributed by atoms with van der Waals surface area (Å²) in [7, 11) is 1.57. The number of carboxylic acid groups (broad SMARTS) is 1. The largest absolute Gasteiger partial charge is 0.497 e. The Morgan fingerprint density at radius 3 is 2.25 bits per heavy atom. The van der Waals surface area contributed by atoms with Crippen molar-refractivity contribution < 1.29 is 33.8 Å². The maximum atomic E-state index is 15.1. The van der Waals surface area contributed by atoms with Crippen molar-refractivity contribution in [3.8, 4) is 5.75 Å². The summed E-state index contributed by atoms with van der Waals surface area (Å²) >= 11 is 1.58. The second-order valence-corrected chi connectivity index (χ2v) is 16.1. The van der Waals surface area contributed by atoms with Gasteiger partial charge in [0.15, 0.2) is 0 Å². The van der Waals surface area contributed by atoms with Gasteiger partial charge in [0.1, 0.15) is 23.9 Å². The highest BCUT2D eigenvalue weighted by Gasteiger charge is 2.44. The molecule has 0 saturated carbocycles. The van der Waals surface area contributed by atoms with E-state index in [1.165, 1.54) is 4.90 Å². The van der Waals surface area contributed by atoms with Gasteiger partial charge in [-0.05, 0) is 99.6 Å². The third-order valence-electron chi connectivity index (χ3n) is 11.1. The molecule has 3 aromatic rings. The summed E-state index contributed by atoms with van der Waals surface area (Å²) in [6, 6.07) is 24.2. The molecule has 3 aromatic carbocycles. The number of rotatable bonds is 14. The van der Waals surface area contributed by atoms with Gasteiger partial charge in [0.05, 0.1) is 12.5 Å². The van der Waals surface area contributed by atoms with Gasteiger partial charge >= 0.3 is 5.97 Å². The van der Waals surface area contributed by atoms with E-state index in [9.17, 15) is 24.3 Å². The zero-order valence-electron chi connectivity index (χ0n) is 31.4. The fourth-order valence-electron chi connectivity index (χ4n) is 8.14. The Morgan fingerprint density at radius 2 is 1.56 bits per heavy atom. The number of carboxylic acids is 1. The molecule has 55 heavy (non-hydrogen) atoms. The molecule has 0 spiro atoms. The predicted octanol–water partition coefficient (Wildman–Crippen LogP) is 5.61. The number of carbonyl (C=O) groups excluding carboxylic acids is 4. The molecule has 12 heteroatoms. The highest BCUT2D eigenvalue weighted by molar-refractivity contribution is 7.99. The van der Waals surface area contributed by atoms with Gasteiger partial charge < -0.3 is 25.4 Å². The average Bonchev–Trinajstić information content (AvgIpc) is 3.51. The Hall–Kier alpha value is -4.84. The molecule has 3 heterocycles. The highest BCUT2D eigenvalue weighted by atomic mass is 32.2. The minimum atomic E-state index is -1.02. The van der Waals surface area contributed by atoms with E-state index in [1.54, 1.807) is 35.9 Å². The van der Waals surface area contributed by atoms with Crippen LogP contribution >= 0.6 is 11.8 Å². The van der Waals surface area contributed by atoms with Gasteiger partial charge in [-0.15, -0.1) is 11.8 Å². The summed E-state index contributed by atoms with van der Waals surface area (Å²) in [5.74, 6) is -2.05. The van der Waals surface area contributed by atoms with Crippen molar-refractivity contribution in [2.45, 2.75) is 94.1 Å². The third kappa shape index (κ3) is 10.1. The smallest absolute Gasteiger partial charge is 0.326 e. The number of ether oxygens (including phenoxy) is 1. The van der Waals surface area contributed by atoms with Gasteiger partial charge in [0.2, 0.25) is 23.6 Å². The molecule has 292 valence electrons. The third-order valence-corrected chi connectivity index (χ3v) is 12.4. The number of aliphatic carboxylic acids is 1. The molecule has 0 bridgehead atoms. The molecule has 0 aliphatic carbocycles. The second kappa shape index (κ2) is 19.2. The first-order valence-corrected chi connectivity index (χ1v) is 20.6. The summed E-state index contributed by atoms with van der Waals surface area (Å²) in [6.07, 6.45) is 5.85. The van der Waals surface area contributed by atoms with Crippen molar-refractivity contribution in [1.82, 2.24) is 15.5 Å². The molecular formula is C43H52N4O7S. The molecule has 3 aliphatic rings. The summed E-state index contributed by atoms with van der Waals surface area (Å²) < 4.78 is 5.53. The Kier molecular flexibility index (Phi) is 13.9. The van der Waals surface area contributed by atoms with E-state index < -0.39 is 35.9 Å². The van der Waals surface area contributed by atoms with E-state index in [-0.39, 0.29) is 29.0 Å². The normalized spacial score (nSPS) is 22.5. The zero-order valence-corrected chi connectivity index (χ0v) is 32.3. The maximum Gasteiger partial charge on any atom is 0.326 e. The summed E-state index contributed by atoms with van der Waals surface area (Å²) in [5, 5.41) is 15.8. The predicted molar refractivity (Wildman–Crippen MR) is 213 cm³/mol. The fourth-order valence-corrected chi connectivity index (χ4v) is 9.53. The number of nitrogens with zero attached hydrogens (tertiary/aromatic N) is 2. The van der Waals surface area contributed by atoms with Crippen LogP contribution in [0.15, 0.2) is 84.9 Å². The number of piperidine rings is 1. The van der Waals surface area contributed by atoms with Gasteiger partial charge in [-0.3, -0.25) is 24.1 Å². The topological polar surface area (TPSA) is 145 Å². The highest BCUT2D eigenvalue weighted by Crippen LogP contribution is 2.35. The first kappa shape index (κ1) is 39.8. The number of methoxy groups -OCH3 is 1. The lowest BCUT2D eigenvalue weighted by Gasteiger charge is -2.39. The lowest BCUT2D eigenvalue weighted by molar-refractivity contribution is -0.154. The Morgan fingerprint density at radius 1 is 0.873 bits per heavy atom. The molecule has 6 rings (SSSR count). The van der Waals surface area contributed by atoms with E-state index in [0.29, 0.717) is 68.7 Å². The Labute approximate surface area is 327 Å². The van der Waals surface area contributed by atoms with Crippen molar-refractivity contribution in [2.75, 3.05) is 24.3 Å². The van der Waals surface area contributed by atoms with Gasteiger partial charge in [-0.25, -0.2) is 4.79 Å². The van der Waals surface area contributed by atoms with Crippen LogP contribution in [0.2, 0.25) is 0 Å². The molecule has 11 nitrogen and oxygen atoms in total. The molecule has 4 amide bonds. The van der Waals surface area contributed by atoms with Crippen LogP contribution in [0, 0.1) is 11.8 Å². The van der Waals surface area contributed by atoms with Gasteiger partial charge in [0.25, 0.3) is 0 Å². The molecular weight excluding hydrogens is 717 g/mol. The Bertz CT molecular complexity index is 1790. The van der Waals surface area contributed by atoms with E-state index >= 15 is 4.79 Å². The second-order valence-electron chi connectivity index (χ2n) is 14.8. The number of anilines is 1. The number of hydrogen-bond donors (Lipinski definition) is 3. The zero-order chi connectivity index (χ0) is 38.7. The van der Waals surface area contributed by atoms with E-state index in [0.717, 1.165) is 36.8 Å². The molecule has 6 atom stereocenters. The number of carbonyl (C=O) groups is 5. The van der Waals surface area contributed by atoms with Crippen LogP contribution in [0.25, 0.3) is 0 Å². The minimum Gasteiger partial charge on any atom is -0.497 e. The van der Waals surface area contributed by atoms with Crippen molar-refractivity contribution in [3.05, 3.63) is 96.1 Å². The summed E-state index contributed by atoms with van der Waals surface area (Å²) in [5.41, 5.74) is 2.49. The van der Waals surface area contributed by atoms with E-state index in [2.05, 4.69) is 10.6 Å². The van der Waals surface area contributed by atoms with E-state index in [1.807, 2.05) is 72.8 Å². The van der Waals surface area contributed by atoms with E-state index in [4.69, 9.17) is 4.74 Å². The maximum absolute atomic E-state index is 15.1. The standard InChI is InChI=1S/C43H52N4O7S/c1-54-34-17-10-16-33(28-34)46(36-18-8-9-24-44-40(36)49)41(50)32(27-30-14-6-3-7-15-30)22-21-31(26-29-12-4-2-5-13-29)39(48)45-35-23-25-55-38-20-11-19-37(43(52)53)47(38)42(35)51/h2-7,10,12-17,28,31-32,35-38H,8-9,11,18-27H2,1H3,(H,44,49)(H,45,48)(H,52,53)/t31-,32-,35?,36+,37?,38?/m1/s1. The summed E-state index contributed by atoms with van der Waals surface area (Å²) in [6.45, 7) is 0.552. The molecule has 3 N–H and O–H groups in total. The molecule has 3 unspecified atom stereocenters. The average molecular weight is 769 g/mol.